The van der Waals surface area contributed by atoms with E-state index in [0.29, 0.717) is 15.6 Å². The second-order valence-electron chi connectivity index (χ2n) is 5.40. The van der Waals surface area contributed by atoms with Gasteiger partial charge < -0.3 is 9.30 Å². The molecule has 0 spiro atoms. The number of nitrogens with zero attached hydrogens (tertiary/aromatic N) is 2. The molecule has 7 heteroatoms. The van der Waals surface area contributed by atoms with Gasteiger partial charge in [-0.3, -0.25) is 4.79 Å². The predicted molar refractivity (Wildman–Crippen MR) is 105 cm³/mol. The Morgan fingerprint density at radius 3 is 2.76 bits per heavy atom. The van der Waals surface area contributed by atoms with Crippen molar-refractivity contribution in [2.24, 2.45) is 4.99 Å². The molecule has 0 N–H and O–H groups in total. The van der Waals surface area contributed by atoms with Gasteiger partial charge in [-0.15, -0.1) is 0 Å². The molecule has 25 heavy (non-hydrogen) atoms. The average Bonchev–Trinajstić information content (AvgIpc) is 2.91. The standard InChI is InChI=1S/C18H16BrClN2O2S/c1-2-9-22-15-8-3-12(19)10-16(15)25-18(22)21-17(23)11-24-14-6-4-13(20)5-7-14/h3-8,10H,2,9,11H2,1H3. The number of rotatable bonds is 5. The van der Waals surface area contributed by atoms with Crippen LogP contribution in [0.3, 0.4) is 0 Å². The van der Waals surface area contributed by atoms with E-state index in [1.807, 2.05) is 18.2 Å². The zero-order valence-corrected chi connectivity index (χ0v) is 16.7. The Morgan fingerprint density at radius 2 is 2.04 bits per heavy atom. The van der Waals surface area contributed by atoms with Gasteiger partial charge in [0.1, 0.15) is 5.75 Å². The summed E-state index contributed by atoms with van der Waals surface area (Å²) in [5, 5.41) is 0.625. The number of thiazole rings is 1. The fraction of sp³-hybridized carbons (Fsp3) is 0.222. The summed E-state index contributed by atoms with van der Waals surface area (Å²) in [6, 6.07) is 13.0. The Kier molecular flexibility index (Phi) is 5.93. The first-order valence-electron chi connectivity index (χ1n) is 7.81. The Morgan fingerprint density at radius 1 is 1.28 bits per heavy atom. The highest BCUT2D eigenvalue weighted by Crippen LogP contribution is 2.22. The van der Waals surface area contributed by atoms with E-state index < -0.39 is 0 Å². The first-order valence-corrected chi connectivity index (χ1v) is 9.80. The summed E-state index contributed by atoms with van der Waals surface area (Å²) in [5.41, 5.74) is 1.08. The molecule has 0 aliphatic carbocycles. The van der Waals surface area contributed by atoms with Gasteiger partial charge in [0, 0.05) is 16.0 Å². The van der Waals surface area contributed by atoms with Crippen LogP contribution >= 0.6 is 38.9 Å². The van der Waals surface area contributed by atoms with Crippen molar-refractivity contribution in [2.45, 2.75) is 19.9 Å². The fourth-order valence-electron chi connectivity index (χ4n) is 2.39. The largest absolute Gasteiger partial charge is 0.484 e. The lowest BCUT2D eigenvalue weighted by molar-refractivity contribution is -0.120. The zero-order valence-electron chi connectivity index (χ0n) is 13.5. The summed E-state index contributed by atoms with van der Waals surface area (Å²) >= 11 is 10.8. The van der Waals surface area contributed by atoms with Crippen molar-refractivity contribution in [3.63, 3.8) is 0 Å². The van der Waals surface area contributed by atoms with E-state index in [-0.39, 0.29) is 12.5 Å². The third-order valence-corrected chi connectivity index (χ3v) is 5.27. The molecule has 1 heterocycles. The summed E-state index contributed by atoms with van der Waals surface area (Å²) in [6.07, 6.45) is 0.963. The van der Waals surface area contributed by atoms with Gasteiger partial charge in [0.25, 0.3) is 5.91 Å². The van der Waals surface area contributed by atoms with Crippen molar-refractivity contribution in [3.8, 4) is 5.75 Å². The maximum atomic E-state index is 12.2. The van der Waals surface area contributed by atoms with Crippen molar-refractivity contribution in [1.82, 2.24) is 4.57 Å². The van der Waals surface area contributed by atoms with Crippen LogP contribution in [0.4, 0.5) is 0 Å². The number of benzene rings is 2. The predicted octanol–water partition coefficient (Wildman–Crippen LogP) is 5.04. The van der Waals surface area contributed by atoms with Gasteiger partial charge in [-0.25, -0.2) is 0 Å². The Balaban J connectivity index is 1.84. The third kappa shape index (κ3) is 4.51. The van der Waals surface area contributed by atoms with Crippen LogP contribution in [0.25, 0.3) is 10.2 Å². The Hall–Kier alpha value is -1.63. The molecule has 2 aromatic carbocycles. The normalized spacial score (nSPS) is 11.9. The Labute approximate surface area is 162 Å². The number of halogens is 2. The summed E-state index contributed by atoms with van der Waals surface area (Å²) in [6.45, 7) is 2.81. The van der Waals surface area contributed by atoms with E-state index in [2.05, 4.69) is 32.4 Å². The van der Waals surface area contributed by atoms with Crippen LogP contribution in [-0.2, 0) is 11.3 Å². The van der Waals surface area contributed by atoms with Gasteiger partial charge in [-0.1, -0.05) is 45.8 Å². The minimum absolute atomic E-state index is 0.105. The second-order valence-corrected chi connectivity index (χ2v) is 7.76. The lowest BCUT2D eigenvalue weighted by atomic mass is 10.3. The fourth-order valence-corrected chi connectivity index (χ4v) is 4.14. The lowest BCUT2D eigenvalue weighted by Crippen LogP contribution is -2.19. The zero-order chi connectivity index (χ0) is 17.8. The van der Waals surface area contributed by atoms with E-state index in [0.717, 1.165) is 27.7 Å². The average molecular weight is 440 g/mol. The van der Waals surface area contributed by atoms with Crippen molar-refractivity contribution in [2.75, 3.05) is 6.61 Å². The van der Waals surface area contributed by atoms with Gasteiger partial charge in [0.15, 0.2) is 11.4 Å². The van der Waals surface area contributed by atoms with Crippen LogP contribution in [-0.4, -0.2) is 17.1 Å². The molecule has 1 aromatic heterocycles. The van der Waals surface area contributed by atoms with Crippen molar-refractivity contribution < 1.29 is 9.53 Å². The minimum Gasteiger partial charge on any atom is -0.484 e. The van der Waals surface area contributed by atoms with E-state index in [9.17, 15) is 4.79 Å². The van der Waals surface area contributed by atoms with Gasteiger partial charge in [0.2, 0.25) is 0 Å². The number of fused-ring (bicyclic) bond motifs is 1. The van der Waals surface area contributed by atoms with Gasteiger partial charge in [-0.2, -0.15) is 4.99 Å². The van der Waals surface area contributed by atoms with Gasteiger partial charge in [0.05, 0.1) is 10.2 Å². The number of aromatic nitrogens is 1. The molecule has 0 atom stereocenters. The molecule has 0 aliphatic heterocycles. The molecule has 3 rings (SSSR count). The summed E-state index contributed by atoms with van der Waals surface area (Å²) in [4.78, 5) is 17.2. The molecule has 4 nitrogen and oxygen atoms in total. The first kappa shape index (κ1) is 18.2. The van der Waals surface area contributed by atoms with E-state index >= 15 is 0 Å². The van der Waals surface area contributed by atoms with Crippen molar-refractivity contribution >= 4 is 55.0 Å². The highest BCUT2D eigenvalue weighted by molar-refractivity contribution is 9.10. The summed E-state index contributed by atoms with van der Waals surface area (Å²) < 4.78 is 9.65. The number of hydrogen-bond donors (Lipinski definition) is 0. The highest BCUT2D eigenvalue weighted by Gasteiger charge is 2.08. The van der Waals surface area contributed by atoms with E-state index in [1.165, 1.54) is 11.3 Å². The number of ether oxygens (including phenoxy) is 1. The lowest BCUT2D eigenvalue weighted by Gasteiger charge is -2.04. The van der Waals surface area contributed by atoms with Gasteiger partial charge in [-0.05, 0) is 48.9 Å². The van der Waals surface area contributed by atoms with Crippen LogP contribution in [0.5, 0.6) is 5.75 Å². The summed E-state index contributed by atoms with van der Waals surface area (Å²) in [7, 11) is 0. The van der Waals surface area contributed by atoms with Crippen LogP contribution in [0.15, 0.2) is 51.9 Å². The maximum Gasteiger partial charge on any atom is 0.286 e. The molecular formula is C18H16BrClN2O2S. The third-order valence-electron chi connectivity index (χ3n) is 3.49. The van der Waals surface area contributed by atoms with Gasteiger partial charge >= 0.3 is 0 Å². The van der Waals surface area contributed by atoms with Crippen molar-refractivity contribution in [1.29, 1.82) is 0 Å². The monoisotopic (exact) mass is 438 g/mol. The number of aryl methyl sites for hydroxylation is 1. The molecule has 0 radical (unpaired) electrons. The molecule has 0 unspecified atom stereocenters. The smallest absolute Gasteiger partial charge is 0.286 e. The molecule has 0 bridgehead atoms. The summed E-state index contributed by atoms with van der Waals surface area (Å²) in [5.74, 6) is 0.278. The molecule has 1 amide bonds. The quantitative estimate of drug-likeness (QED) is 0.559. The van der Waals surface area contributed by atoms with Crippen LogP contribution in [0.1, 0.15) is 13.3 Å². The van der Waals surface area contributed by atoms with Crippen LogP contribution in [0.2, 0.25) is 5.02 Å². The highest BCUT2D eigenvalue weighted by atomic mass is 79.9. The molecular weight excluding hydrogens is 424 g/mol. The maximum absolute atomic E-state index is 12.2. The first-order chi connectivity index (χ1) is 12.1. The number of amides is 1. The molecule has 0 aliphatic rings. The van der Waals surface area contributed by atoms with Crippen LogP contribution < -0.4 is 9.54 Å². The van der Waals surface area contributed by atoms with Crippen LogP contribution in [0, 0.1) is 0 Å². The SMILES string of the molecule is CCCn1c(=NC(=O)COc2ccc(Cl)cc2)sc2cc(Br)ccc21. The number of carbonyl (C=O) groups excluding carboxylic acids is 1. The number of carbonyl (C=O) groups is 1. The van der Waals surface area contributed by atoms with Crippen molar-refractivity contribution in [3.05, 3.63) is 56.8 Å². The number of hydrogen-bond acceptors (Lipinski definition) is 3. The Bertz CT molecular complexity index is 963. The van der Waals surface area contributed by atoms with E-state index in [4.69, 9.17) is 16.3 Å². The topological polar surface area (TPSA) is 43.6 Å². The second kappa shape index (κ2) is 8.17. The molecule has 130 valence electrons. The molecule has 0 saturated heterocycles. The molecule has 0 saturated carbocycles. The van der Waals surface area contributed by atoms with E-state index in [1.54, 1.807) is 24.3 Å². The molecule has 3 aromatic rings. The minimum atomic E-state index is -0.314. The molecule has 0 fully saturated rings.